The summed E-state index contributed by atoms with van der Waals surface area (Å²) in [6.07, 6.45) is 2.65. The zero-order chi connectivity index (χ0) is 13.5. The van der Waals surface area contributed by atoms with Crippen LogP contribution in [0.1, 0.15) is 0 Å². The Morgan fingerprint density at radius 2 is 2.05 bits per heavy atom. The van der Waals surface area contributed by atoms with Crippen LogP contribution in [0.5, 0.6) is 0 Å². The maximum Gasteiger partial charge on any atom is 0.286 e. The Bertz CT molecular complexity index is 846. The van der Waals surface area contributed by atoms with E-state index in [1.807, 2.05) is 0 Å². The third-order valence-corrected chi connectivity index (χ3v) is 4.10. The summed E-state index contributed by atoms with van der Waals surface area (Å²) in [5.74, 6) is -0.558. The first-order valence-electron chi connectivity index (χ1n) is 5.25. The van der Waals surface area contributed by atoms with E-state index in [1.54, 1.807) is 0 Å². The normalized spacial score (nSPS) is 11.8. The van der Waals surface area contributed by atoms with Crippen LogP contribution in [0, 0.1) is 5.82 Å². The number of rotatable bonds is 2. The van der Waals surface area contributed by atoms with Crippen molar-refractivity contribution >= 4 is 21.1 Å². The number of halogens is 1. The van der Waals surface area contributed by atoms with E-state index in [1.165, 1.54) is 36.7 Å². The molecule has 0 saturated carbocycles. The van der Waals surface area contributed by atoms with Gasteiger partial charge in [-0.2, -0.15) is 8.42 Å². The molecule has 1 aromatic carbocycles. The number of hydrogen-bond donors (Lipinski definition) is 0. The van der Waals surface area contributed by atoms with Gasteiger partial charge in [0.25, 0.3) is 10.0 Å². The topological polar surface area (TPSA) is 77.7 Å². The van der Waals surface area contributed by atoms with E-state index in [2.05, 4.69) is 15.3 Å². The molecule has 96 valence electrons. The smallest absolute Gasteiger partial charge is 0.263 e. The summed E-state index contributed by atoms with van der Waals surface area (Å²) < 4.78 is 38.5. The van der Waals surface area contributed by atoms with Crippen molar-refractivity contribution in [1.29, 1.82) is 0 Å². The highest BCUT2D eigenvalue weighted by Gasteiger charge is 2.21. The Labute approximate surface area is 107 Å². The summed E-state index contributed by atoms with van der Waals surface area (Å²) in [7, 11) is -3.93. The molecule has 0 radical (unpaired) electrons. The molecule has 0 unspecified atom stereocenters. The van der Waals surface area contributed by atoms with E-state index in [9.17, 15) is 12.8 Å². The average molecular weight is 278 g/mol. The second-order valence-electron chi connectivity index (χ2n) is 3.76. The maximum absolute atomic E-state index is 13.2. The van der Waals surface area contributed by atoms with Crippen LogP contribution in [0.4, 0.5) is 4.39 Å². The van der Waals surface area contributed by atoms with Gasteiger partial charge in [-0.1, -0.05) is 5.21 Å². The van der Waals surface area contributed by atoms with Crippen LogP contribution in [0.25, 0.3) is 11.0 Å². The minimum Gasteiger partial charge on any atom is -0.263 e. The SMILES string of the molecule is O=S(=O)(c1cccnc1)n1nnc2ccc(F)cc21. The zero-order valence-corrected chi connectivity index (χ0v) is 10.2. The van der Waals surface area contributed by atoms with Crippen LogP contribution in [0.3, 0.4) is 0 Å². The van der Waals surface area contributed by atoms with Crippen LogP contribution >= 0.6 is 0 Å². The molecule has 0 atom stereocenters. The summed E-state index contributed by atoms with van der Waals surface area (Å²) in [6.45, 7) is 0. The zero-order valence-electron chi connectivity index (χ0n) is 9.43. The van der Waals surface area contributed by atoms with Gasteiger partial charge in [-0.25, -0.2) is 4.39 Å². The van der Waals surface area contributed by atoms with E-state index in [4.69, 9.17) is 0 Å². The fraction of sp³-hybridized carbons (Fsp3) is 0. The molecule has 0 spiro atoms. The number of fused-ring (bicyclic) bond motifs is 1. The molecule has 8 heteroatoms. The molecule has 0 bridgehead atoms. The second-order valence-corrected chi connectivity index (χ2v) is 5.53. The van der Waals surface area contributed by atoms with Gasteiger partial charge in [0, 0.05) is 18.5 Å². The van der Waals surface area contributed by atoms with Gasteiger partial charge in [-0.15, -0.1) is 9.19 Å². The molecular weight excluding hydrogens is 271 g/mol. The van der Waals surface area contributed by atoms with Gasteiger partial charge >= 0.3 is 0 Å². The van der Waals surface area contributed by atoms with Crippen molar-refractivity contribution in [2.24, 2.45) is 0 Å². The number of pyridine rings is 1. The largest absolute Gasteiger partial charge is 0.286 e. The summed E-state index contributed by atoms with van der Waals surface area (Å²) in [4.78, 5) is 3.71. The number of hydrogen-bond acceptors (Lipinski definition) is 5. The van der Waals surface area contributed by atoms with E-state index in [0.717, 1.165) is 6.07 Å². The molecule has 3 rings (SSSR count). The van der Waals surface area contributed by atoms with Crippen molar-refractivity contribution in [3.63, 3.8) is 0 Å². The third-order valence-electron chi connectivity index (χ3n) is 2.54. The molecule has 19 heavy (non-hydrogen) atoms. The van der Waals surface area contributed by atoms with Gasteiger partial charge in [0.1, 0.15) is 21.7 Å². The van der Waals surface area contributed by atoms with Crippen LogP contribution in [-0.2, 0) is 10.0 Å². The molecule has 0 amide bonds. The van der Waals surface area contributed by atoms with E-state index in [-0.39, 0.29) is 10.4 Å². The van der Waals surface area contributed by atoms with Crippen LogP contribution in [0.2, 0.25) is 0 Å². The first-order chi connectivity index (χ1) is 9.09. The summed E-state index contributed by atoms with van der Waals surface area (Å²) in [5, 5.41) is 7.27. The molecule has 0 fully saturated rings. The molecular formula is C11H7FN4O2S. The van der Waals surface area contributed by atoms with E-state index < -0.39 is 15.8 Å². The van der Waals surface area contributed by atoms with Gasteiger partial charge in [0.15, 0.2) is 0 Å². The fourth-order valence-corrected chi connectivity index (χ4v) is 2.83. The first-order valence-corrected chi connectivity index (χ1v) is 6.69. The van der Waals surface area contributed by atoms with Gasteiger partial charge in [0.05, 0.1) is 0 Å². The molecule has 0 saturated heterocycles. The molecule has 0 aliphatic heterocycles. The Kier molecular flexibility index (Phi) is 2.53. The third kappa shape index (κ3) is 1.85. The van der Waals surface area contributed by atoms with Crippen molar-refractivity contribution in [1.82, 2.24) is 19.4 Å². The first kappa shape index (κ1) is 11.7. The van der Waals surface area contributed by atoms with Crippen LogP contribution < -0.4 is 0 Å². The second kappa shape index (κ2) is 4.09. The van der Waals surface area contributed by atoms with E-state index >= 15 is 0 Å². The predicted octanol–water partition coefficient (Wildman–Crippen LogP) is 1.20. The molecule has 0 aliphatic carbocycles. The highest BCUT2D eigenvalue weighted by molar-refractivity contribution is 7.90. The molecule has 2 heterocycles. The molecule has 0 aliphatic rings. The highest BCUT2D eigenvalue weighted by atomic mass is 32.2. The lowest BCUT2D eigenvalue weighted by Crippen LogP contribution is -2.14. The Morgan fingerprint density at radius 3 is 2.79 bits per heavy atom. The predicted molar refractivity (Wildman–Crippen MR) is 64.3 cm³/mol. The van der Waals surface area contributed by atoms with Gasteiger partial charge in [0.2, 0.25) is 0 Å². The Morgan fingerprint density at radius 1 is 1.21 bits per heavy atom. The summed E-state index contributed by atoms with van der Waals surface area (Å²) in [6, 6.07) is 6.51. The molecule has 6 nitrogen and oxygen atoms in total. The lowest BCUT2D eigenvalue weighted by molar-refractivity contribution is 0.579. The summed E-state index contributed by atoms with van der Waals surface area (Å²) >= 11 is 0. The standard InChI is InChI=1S/C11H7FN4O2S/c12-8-3-4-10-11(6-8)16(15-14-10)19(17,18)9-2-1-5-13-7-9/h1-7H. The number of aromatic nitrogens is 4. The number of benzene rings is 1. The highest BCUT2D eigenvalue weighted by Crippen LogP contribution is 2.18. The molecule has 3 aromatic rings. The van der Waals surface area contributed by atoms with Gasteiger partial charge in [-0.3, -0.25) is 4.98 Å². The van der Waals surface area contributed by atoms with Crippen molar-refractivity contribution in [2.45, 2.75) is 4.90 Å². The fourth-order valence-electron chi connectivity index (χ4n) is 1.65. The molecule has 0 N–H and O–H groups in total. The van der Waals surface area contributed by atoms with Crippen molar-refractivity contribution < 1.29 is 12.8 Å². The van der Waals surface area contributed by atoms with Crippen molar-refractivity contribution in [2.75, 3.05) is 0 Å². The average Bonchev–Trinajstić information content (AvgIpc) is 2.83. The summed E-state index contributed by atoms with van der Waals surface area (Å²) in [5.41, 5.74) is 0.387. The van der Waals surface area contributed by atoms with Crippen molar-refractivity contribution in [3.8, 4) is 0 Å². The molecule has 2 aromatic heterocycles. The van der Waals surface area contributed by atoms with Gasteiger partial charge < -0.3 is 0 Å². The minimum atomic E-state index is -3.93. The Hall–Kier alpha value is -2.35. The van der Waals surface area contributed by atoms with E-state index in [0.29, 0.717) is 9.60 Å². The monoisotopic (exact) mass is 278 g/mol. The van der Waals surface area contributed by atoms with Gasteiger partial charge in [-0.05, 0) is 24.3 Å². The Balaban J connectivity index is 2.28. The lowest BCUT2D eigenvalue weighted by atomic mass is 10.3. The van der Waals surface area contributed by atoms with Crippen LogP contribution in [0.15, 0.2) is 47.6 Å². The van der Waals surface area contributed by atoms with Crippen molar-refractivity contribution in [3.05, 3.63) is 48.5 Å². The quantitative estimate of drug-likeness (QED) is 0.704. The lowest BCUT2D eigenvalue weighted by Gasteiger charge is -2.03. The minimum absolute atomic E-state index is 0.0361. The number of nitrogens with zero attached hydrogens (tertiary/aromatic N) is 4. The van der Waals surface area contributed by atoms with Crippen LogP contribution in [-0.4, -0.2) is 27.8 Å². The maximum atomic E-state index is 13.2.